The van der Waals surface area contributed by atoms with Gasteiger partial charge in [-0.1, -0.05) is 158 Å². The molecule has 2 N–H and O–H groups in total. The van der Waals surface area contributed by atoms with Crippen LogP contribution in [0, 0.1) is 0 Å². The van der Waals surface area contributed by atoms with Crippen LogP contribution in [0.2, 0.25) is 0 Å². The molecule has 256 valence electrons. The number of benzene rings is 9. The van der Waals surface area contributed by atoms with Crippen LogP contribution in [-0.2, 0) is 0 Å². The van der Waals surface area contributed by atoms with E-state index < -0.39 is 0 Å². The first-order chi connectivity index (χ1) is 26.6. The predicted octanol–water partition coefficient (Wildman–Crippen LogP) is 12.3. The summed E-state index contributed by atoms with van der Waals surface area (Å²) in [5.41, 5.74) is 13.0. The average Bonchev–Trinajstić information content (AvgIpc) is 3.58. The highest BCUT2D eigenvalue weighted by atomic mass is 15.0. The SMILES string of the molecule is CC(/N=C(\N=C(/N)c1ccccc1)c1ccccc1)c1cc(-n2c3ccccc3c3c4ccccc4ccc32)c2c3ccccc3c3ccccc3c2c1. The normalized spacial score (nSPS) is 13.1. The first-order valence-corrected chi connectivity index (χ1v) is 18.5. The van der Waals surface area contributed by atoms with Gasteiger partial charge in [-0.3, -0.25) is 4.99 Å². The Morgan fingerprint density at radius 1 is 0.481 bits per heavy atom. The van der Waals surface area contributed by atoms with Crippen LogP contribution >= 0.6 is 0 Å². The number of amidine groups is 2. The van der Waals surface area contributed by atoms with Crippen molar-refractivity contribution < 1.29 is 0 Å². The van der Waals surface area contributed by atoms with E-state index in [0.717, 1.165) is 22.4 Å². The van der Waals surface area contributed by atoms with Crippen molar-refractivity contribution in [1.82, 2.24) is 4.57 Å². The summed E-state index contributed by atoms with van der Waals surface area (Å²) in [7, 11) is 0. The number of aromatic nitrogens is 1. The van der Waals surface area contributed by atoms with E-state index in [4.69, 9.17) is 15.7 Å². The maximum Gasteiger partial charge on any atom is 0.157 e. The molecular weight excluding hydrogens is 657 g/mol. The molecule has 0 aliphatic rings. The van der Waals surface area contributed by atoms with Crippen LogP contribution in [0.5, 0.6) is 0 Å². The number of hydrogen-bond acceptors (Lipinski definition) is 1. The molecule has 0 saturated carbocycles. The molecule has 4 nitrogen and oxygen atoms in total. The standard InChI is InChI=1S/C50H36N4/c1-32(52-50(35-19-6-3-7-20-35)53-49(51)34-17-4-2-5-18-34)36-30-43-40-24-11-10-22-38(40)39-23-12-13-25-41(39)48(43)46(31-36)54-44-27-15-14-26-42(44)47-37-21-9-8-16-33(37)28-29-45(47)54/h2-32H,1H3,(H2,51,52,53). The molecule has 0 bridgehead atoms. The van der Waals surface area contributed by atoms with Crippen LogP contribution in [0.15, 0.2) is 192 Å². The van der Waals surface area contributed by atoms with Gasteiger partial charge < -0.3 is 10.3 Å². The second-order valence-electron chi connectivity index (χ2n) is 13.9. The molecule has 0 spiro atoms. The Hall–Kier alpha value is -7.04. The summed E-state index contributed by atoms with van der Waals surface area (Å²) < 4.78 is 2.48. The van der Waals surface area contributed by atoms with Gasteiger partial charge in [-0.05, 0) is 74.5 Å². The lowest BCUT2D eigenvalue weighted by Crippen LogP contribution is -2.16. The molecule has 9 aromatic carbocycles. The average molecular weight is 693 g/mol. The molecule has 10 aromatic rings. The number of hydrogen-bond donors (Lipinski definition) is 1. The zero-order valence-corrected chi connectivity index (χ0v) is 29.8. The van der Waals surface area contributed by atoms with Gasteiger partial charge in [0, 0.05) is 27.3 Å². The monoisotopic (exact) mass is 692 g/mol. The number of nitrogens with zero attached hydrogens (tertiary/aromatic N) is 3. The van der Waals surface area contributed by atoms with Crippen LogP contribution in [0.25, 0.3) is 70.6 Å². The zero-order chi connectivity index (χ0) is 36.2. The minimum absolute atomic E-state index is 0.255. The quantitative estimate of drug-likeness (QED) is 0.109. The smallest absolute Gasteiger partial charge is 0.157 e. The molecule has 10 rings (SSSR count). The molecule has 0 fully saturated rings. The molecule has 0 amide bonds. The lowest BCUT2D eigenvalue weighted by Gasteiger charge is -2.20. The Balaban J connectivity index is 1.31. The van der Waals surface area contributed by atoms with Crippen LogP contribution in [0.4, 0.5) is 0 Å². The van der Waals surface area contributed by atoms with Crippen molar-refractivity contribution in [2.24, 2.45) is 15.7 Å². The van der Waals surface area contributed by atoms with E-state index in [1.54, 1.807) is 0 Å². The minimum Gasteiger partial charge on any atom is -0.383 e. The van der Waals surface area contributed by atoms with E-state index in [-0.39, 0.29) is 6.04 Å². The van der Waals surface area contributed by atoms with Gasteiger partial charge in [0.25, 0.3) is 0 Å². The van der Waals surface area contributed by atoms with Crippen molar-refractivity contribution in [2.45, 2.75) is 13.0 Å². The molecule has 54 heavy (non-hydrogen) atoms. The van der Waals surface area contributed by atoms with Gasteiger partial charge in [0.1, 0.15) is 5.84 Å². The molecule has 1 heterocycles. The van der Waals surface area contributed by atoms with E-state index >= 15 is 0 Å². The molecule has 4 heteroatoms. The highest BCUT2D eigenvalue weighted by Crippen LogP contribution is 2.44. The lowest BCUT2D eigenvalue weighted by atomic mass is 9.91. The summed E-state index contributed by atoms with van der Waals surface area (Å²) in [6.45, 7) is 2.16. The van der Waals surface area contributed by atoms with Crippen LogP contribution in [0.3, 0.4) is 0 Å². The highest BCUT2D eigenvalue weighted by Gasteiger charge is 2.21. The van der Waals surface area contributed by atoms with Gasteiger partial charge >= 0.3 is 0 Å². The number of aliphatic imine (C=N–C) groups is 2. The molecule has 0 radical (unpaired) electrons. The summed E-state index contributed by atoms with van der Waals surface area (Å²) in [5.74, 6) is 1.03. The highest BCUT2D eigenvalue weighted by molar-refractivity contribution is 6.29. The van der Waals surface area contributed by atoms with Gasteiger partial charge in [-0.25, -0.2) is 4.99 Å². The molecule has 1 aromatic heterocycles. The third-order valence-electron chi connectivity index (χ3n) is 10.8. The number of fused-ring (bicyclic) bond motifs is 11. The number of rotatable bonds is 5. The van der Waals surface area contributed by atoms with E-state index in [1.807, 2.05) is 60.7 Å². The van der Waals surface area contributed by atoms with E-state index in [2.05, 4.69) is 133 Å². The molecule has 1 atom stereocenters. The zero-order valence-electron chi connectivity index (χ0n) is 29.8. The fourth-order valence-electron chi connectivity index (χ4n) is 8.25. The van der Waals surface area contributed by atoms with Crippen molar-refractivity contribution in [3.05, 3.63) is 199 Å². The summed E-state index contributed by atoms with van der Waals surface area (Å²) in [4.78, 5) is 10.3. The largest absolute Gasteiger partial charge is 0.383 e. The minimum atomic E-state index is -0.255. The molecular formula is C50H36N4. The van der Waals surface area contributed by atoms with Crippen molar-refractivity contribution in [3.8, 4) is 5.69 Å². The summed E-state index contributed by atoms with van der Waals surface area (Å²) >= 11 is 0. The fraction of sp³-hybridized carbons (Fsp3) is 0.0400. The third kappa shape index (κ3) is 5.14. The Bertz CT molecular complexity index is 3120. The lowest BCUT2D eigenvalue weighted by molar-refractivity contribution is 0.819. The fourth-order valence-corrected chi connectivity index (χ4v) is 8.25. The Labute approximate surface area is 313 Å². The summed E-state index contributed by atoms with van der Waals surface area (Å²) in [6, 6.07) is 64.1. The van der Waals surface area contributed by atoms with Gasteiger partial charge in [0.15, 0.2) is 5.84 Å². The van der Waals surface area contributed by atoms with Gasteiger partial charge in [0.2, 0.25) is 0 Å². The Morgan fingerprint density at radius 2 is 1.04 bits per heavy atom. The van der Waals surface area contributed by atoms with Crippen molar-refractivity contribution in [1.29, 1.82) is 0 Å². The van der Waals surface area contributed by atoms with Gasteiger partial charge in [-0.2, -0.15) is 0 Å². The van der Waals surface area contributed by atoms with Crippen molar-refractivity contribution >= 4 is 76.6 Å². The Morgan fingerprint density at radius 3 is 1.76 bits per heavy atom. The van der Waals surface area contributed by atoms with E-state index in [1.165, 1.54) is 64.9 Å². The first-order valence-electron chi connectivity index (χ1n) is 18.5. The van der Waals surface area contributed by atoms with Crippen LogP contribution < -0.4 is 5.73 Å². The second kappa shape index (κ2) is 12.9. The summed E-state index contributed by atoms with van der Waals surface area (Å²) in [5, 5.41) is 12.3. The molecule has 1 unspecified atom stereocenters. The number of para-hydroxylation sites is 1. The van der Waals surface area contributed by atoms with Gasteiger partial charge in [0.05, 0.1) is 22.8 Å². The third-order valence-corrected chi connectivity index (χ3v) is 10.8. The van der Waals surface area contributed by atoms with Gasteiger partial charge in [-0.15, -0.1) is 0 Å². The van der Waals surface area contributed by atoms with E-state index in [0.29, 0.717) is 11.7 Å². The van der Waals surface area contributed by atoms with Crippen molar-refractivity contribution in [3.63, 3.8) is 0 Å². The molecule has 0 aliphatic heterocycles. The maximum absolute atomic E-state index is 6.64. The first kappa shape index (κ1) is 31.7. The predicted molar refractivity (Wildman–Crippen MR) is 229 cm³/mol. The second-order valence-corrected chi connectivity index (χ2v) is 13.9. The maximum atomic E-state index is 6.64. The van der Waals surface area contributed by atoms with Crippen LogP contribution in [-0.4, -0.2) is 16.2 Å². The molecule has 0 aliphatic carbocycles. The van der Waals surface area contributed by atoms with E-state index in [9.17, 15) is 0 Å². The molecule has 0 saturated heterocycles. The summed E-state index contributed by atoms with van der Waals surface area (Å²) in [6.07, 6.45) is 0. The Kier molecular flexibility index (Phi) is 7.55. The topological polar surface area (TPSA) is 55.7 Å². The van der Waals surface area contributed by atoms with Crippen molar-refractivity contribution in [2.75, 3.05) is 0 Å². The number of nitrogens with two attached hydrogens (primary N) is 1. The van der Waals surface area contributed by atoms with Crippen LogP contribution in [0.1, 0.15) is 29.7 Å².